The SMILES string of the molecule is CC(C)CC(CCCCN/C=C(\O)C(O)C(O)C(O)CO)C(=O)C(C)C.CC(C)CC(CCCCN=CC(O)C(O)C(O)C(O)CO)C(=O)C(C)C.CC(C)CC(CCCCNCC(=O)C(O)C(O)C(O)CO)C(=O)C(C)C.CC(C)CC(CCCCNCC1(O)OCC(O)C(O)C1O)C(=O)C(C)C.CC(C)C[C@@H](CCCCNCC(O)C(O)C(O)C(O)CO)C(=O)C(C)C. The fourth-order valence-electron chi connectivity index (χ4n) is 14.9. The molecular formula is C95H187N5O30. The number of ether oxygens (including phenoxy) is 1. The summed E-state index contributed by atoms with van der Waals surface area (Å²) in [5.74, 6) is 1.53. The molecule has 0 aliphatic carbocycles. The lowest BCUT2D eigenvalue weighted by atomic mass is 9.84. The lowest BCUT2D eigenvalue weighted by Crippen LogP contribution is -2.64. The van der Waals surface area contributed by atoms with Crippen molar-refractivity contribution in [2.45, 2.75) is 376 Å². The molecule has 1 fully saturated rings. The second-order valence-corrected chi connectivity index (χ2v) is 39.0. The van der Waals surface area contributed by atoms with Crippen LogP contribution in [0.25, 0.3) is 0 Å². The van der Waals surface area contributed by atoms with Crippen molar-refractivity contribution in [3.63, 3.8) is 0 Å². The Labute approximate surface area is 777 Å². The van der Waals surface area contributed by atoms with Crippen molar-refractivity contribution in [3.05, 3.63) is 12.0 Å². The van der Waals surface area contributed by atoms with Crippen LogP contribution in [0.2, 0.25) is 0 Å². The van der Waals surface area contributed by atoms with Crippen molar-refractivity contribution in [1.29, 1.82) is 0 Å². The number of rotatable bonds is 69. The smallest absolute Gasteiger partial charge is 0.207 e. The molecule has 1 heterocycles. The van der Waals surface area contributed by atoms with E-state index in [2.05, 4.69) is 95.5 Å². The highest BCUT2D eigenvalue weighted by atomic mass is 16.6. The summed E-state index contributed by atoms with van der Waals surface area (Å²) < 4.78 is 5.10. The molecule has 23 atom stereocenters. The molecule has 1 aliphatic heterocycles. The first-order valence-corrected chi connectivity index (χ1v) is 47.9. The van der Waals surface area contributed by atoms with Crippen LogP contribution in [0.3, 0.4) is 0 Å². The van der Waals surface area contributed by atoms with Crippen molar-refractivity contribution in [2.24, 2.45) is 93.8 Å². The highest BCUT2D eigenvalue weighted by Gasteiger charge is 2.48. The van der Waals surface area contributed by atoms with E-state index in [1.807, 2.05) is 69.2 Å². The Morgan fingerprint density at radius 1 is 0.385 bits per heavy atom. The highest BCUT2D eigenvalue weighted by molar-refractivity contribution is 5.86. The molecule has 35 heteroatoms. The van der Waals surface area contributed by atoms with E-state index in [4.69, 9.17) is 25.2 Å². The number of aliphatic hydroxyl groups is 23. The molecule has 0 spiro atoms. The molecule has 0 aromatic heterocycles. The van der Waals surface area contributed by atoms with Crippen LogP contribution in [0.4, 0.5) is 0 Å². The van der Waals surface area contributed by atoms with Gasteiger partial charge in [-0.25, -0.2) is 0 Å². The fourth-order valence-corrected chi connectivity index (χ4v) is 14.9. The average molecular weight is 1880 g/mol. The maximum absolute atomic E-state index is 12.3. The zero-order valence-electron chi connectivity index (χ0n) is 82.6. The van der Waals surface area contributed by atoms with Crippen LogP contribution in [0.1, 0.15) is 267 Å². The molecule has 27 N–H and O–H groups in total. The number of nitrogens with one attached hydrogen (secondary N) is 4. The van der Waals surface area contributed by atoms with Gasteiger partial charge in [-0.1, -0.05) is 171 Å². The third-order valence-electron chi connectivity index (χ3n) is 22.6. The molecular weight excluding hydrogens is 1690 g/mol. The summed E-state index contributed by atoms with van der Waals surface area (Å²) in [6.07, 6.45) is -6.85. The number of nitrogens with zero attached hydrogens (tertiary/aromatic N) is 1. The van der Waals surface area contributed by atoms with E-state index in [9.17, 15) is 126 Å². The topological polar surface area (TPSA) is 637 Å². The van der Waals surface area contributed by atoms with E-state index < -0.39 is 148 Å². The summed E-state index contributed by atoms with van der Waals surface area (Å²) in [6.45, 7) is 40.1. The number of aliphatic hydroxyl groups excluding tert-OH is 22. The van der Waals surface area contributed by atoms with Gasteiger partial charge in [-0.15, -0.1) is 0 Å². The van der Waals surface area contributed by atoms with Gasteiger partial charge in [0.25, 0.3) is 0 Å². The zero-order valence-corrected chi connectivity index (χ0v) is 82.6. The summed E-state index contributed by atoms with van der Waals surface area (Å²) in [4.78, 5) is 77.1. The lowest BCUT2D eigenvalue weighted by Gasteiger charge is -2.41. The van der Waals surface area contributed by atoms with E-state index in [-0.39, 0.29) is 85.4 Å². The third kappa shape index (κ3) is 59.2. The van der Waals surface area contributed by atoms with Crippen LogP contribution in [-0.4, -0.2) is 353 Å². The average Bonchev–Trinajstić information content (AvgIpc) is 0.801. The van der Waals surface area contributed by atoms with Crippen LogP contribution in [0.5, 0.6) is 0 Å². The number of ketones is 6. The summed E-state index contributed by atoms with van der Waals surface area (Å²) in [6, 6.07) is 0. The zero-order chi connectivity index (χ0) is 101. The normalized spacial score (nSPS) is 20.2. The summed E-state index contributed by atoms with van der Waals surface area (Å²) in [5.41, 5.74) is 0. The van der Waals surface area contributed by atoms with Gasteiger partial charge in [-0.2, -0.15) is 0 Å². The van der Waals surface area contributed by atoms with E-state index in [0.717, 1.165) is 135 Å². The van der Waals surface area contributed by atoms with Crippen LogP contribution in [0, 0.1) is 88.8 Å². The Kier molecular flexibility index (Phi) is 76.4. The van der Waals surface area contributed by atoms with Crippen LogP contribution in [0.15, 0.2) is 17.0 Å². The Morgan fingerprint density at radius 2 is 0.685 bits per heavy atom. The van der Waals surface area contributed by atoms with E-state index in [0.29, 0.717) is 91.2 Å². The van der Waals surface area contributed by atoms with Crippen molar-refractivity contribution in [3.8, 4) is 0 Å². The van der Waals surface area contributed by atoms with Gasteiger partial charge in [0.2, 0.25) is 5.79 Å². The number of carbonyl (C=O) groups excluding carboxylic acids is 6. The molecule has 0 radical (unpaired) electrons. The molecule has 0 saturated carbocycles. The molecule has 1 aliphatic rings. The van der Waals surface area contributed by atoms with Gasteiger partial charge in [0.1, 0.15) is 132 Å². The first-order valence-electron chi connectivity index (χ1n) is 47.9. The first-order chi connectivity index (χ1) is 60.5. The molecule has 22 unspecified atom stereocenters. The van der Waals surface area contributed by atoms with Gasteiger partial charge >= 0.3 is 0 Å². The van der Waals surface area contributed by atoms with E-state index in [1.54, 1.807) is 0 Å². The highest BCUT2D eigenvalue weighted by Crippen LogP contribution is 2.29. The Hall–Kier alpha value is -4.01. The largest absolute Gasteiger partial charge is 0.508 e. The van der Waals surface area contributed by atoms with Gasteiger partial charge in [-0.05, 0) is 146 Å². The van der Waals surface area contributed by atoms with Crippen molar-refractivity contribution >= 4 is 40.9 Å². The quantitative estimate of drug-likeness (QED) is 0.0236. The van der Waals surface area contributed by atoms with Crippen LogP contribution >= 0.6 is 0 Å². The second kappa shape index (κ2) is 75.1. The second-order valence-electron chi connectivity index (χ2n) is 39.0. The Morgan fingerprint density at radius 3 is 1.02 bits per heavy atom. The number of carbonyl (C=O) groups is 6. The molecule has 1 saturated heterocycles. The minimum absolute atomic E-state index is 0.0362. The minimum Gasteiger partial charge on any atom is -0.508 e. The monoisotopic (exact) mass is 1880 g/mol. The maximum atomic E-state index is 12.3. The van der Waals surface area contributed by atoms with Gasteiger partial charge in [-0.3, -0.25) is 33.8 Å². The predicted octanol–water partition coefficient (Wildman–Crippen LogP) is 2.44. The van der Waals surface area contributed by atoms with Crippen molar-refractivity contribution in [1.82, 2.24) is 21.3 Å². The van der Waals surface area contributed by atoms with Gasteiger partial charge in [0.05, 0.1) is 52.2 Å². The summed E-state index contributed by atoms with van der Waals surface area (Å²) >= 11 is 0. The molecule has 0 amide bonds. The Bertz CT molecular complexity index is 2930. The fraction of sp³-hybridized carbons (Fsp3) is 0.905. The van der Waals surface area contributed by atoms with Gasteiger partial charge in [0.15, 0.2) is 5.78 Å². The minimum atomic E-state index is -1.91. The number of Topliss-reactive ketones (excluding diaryl/α,β-unsaturated/α-hetero) is 6. The molecule has 0 bridgehead atoms. The lowest BCUT2D eigenvalue weighted by molar-refractivity contribution is -0.317. The number of hydrogen-bond donors (Lipinski definition) is 27. The maximum Gasteiger partial charge on any atom is 0.207 e. The molecule has 1 rings (SSSR count). The molecule has 35 nitrogen and oxygen atoms in total. The summed E-state index contributed by atoms with van der Waals surface area (Å²) in [5, 5.41) is 229. The van der Waals surface area contributed by atoms with Crippen molar-refractivity contribution in [2.75, 3.05) is 85.4 Å². The van der Waals surface area contributed by atoms with Crippen LogP contribution in [-0.2, 0) is 33.5 Å². The molecule has 130 heavy (non-hydrogen) atoms. The molecule has 0 aromatic rings. The van der Waals surface area contributed by atoms with Gasteiger partial charge < -0.3 is 143 Å². The molecule has 0 aromatic carbocycles. The van der Waals surface area contributed by atoms with Crippen LogP contribution < -0.4 is 21.3 Å². The predicted molar refractivity (Wildman–Crippen MR) is 500 cm³/mol. The van der Waals surface area contributed by atoms with Crippen molar-refractivity contribution < 1.29 is 151 Å². The number of unbranched alkanes of at least 4 members (excludes halogenated alkanes) is 5. The Balaban J connectivity index is -0.000000763. The standard InChI is InChI=1S/C19H37NO6.C19H39NO6.3C19H37NO6/c1-12(2)9-14(16(22)13(3)4)7-5-6-8-20-11-19(25)18(24)17(23)15(21)10-26-19;4*1-12(2)9-14(17(24)13(3)4)7-5-6-8-20-10-15(22)18(25)19(26)16(23)11-21/h12-15,17-18,20-21,23-25H,5-11H2,1-4H3;12-16,18-23,25-26H,5-11H2,1-4H3;12-14,16,18-21,23,25-26H,5-11H2,1-4H3;10,12-14,16,18-23,25-26H,5-9,11H2,1-4H3;10,12-16,18-19,21-23,25-26H,5-9,11H2,1-4H3/b;;;15-10-;/t;14-,15?,16?,18?,19?;;;/m.1.../s1. The number of aliphatic imine (C=N–C) groups is 1. The van der Waals surface area contributed by atoms with E-state index in [1.165, 1.54) is 6.20 Å². The van der Waals surface area contributed by atoms with E-state index >= 15 is 0 Å². The molecule has 772 valence electrons. The number of hydrogen-bond acceptors (Lipinski definition) is 35. The first kappa shape index (κ1) is 132. The summed E-state index contributed by atoms with van der Waals surface area (Å²) in [7, 11) is 0. The van der Waals surface area contributed by atoms with Gasteiger partial charge in [0, 0.05) is 91.2 Å². The third-order valence-corrected chi connectivity index (χ3v) is 22.6.